The number of halogens is 2. The third-order valence-corrected chi connectivity index (χ3v) is 5.75. The molecule has 9 heteroatoms. The molecule has 2 aromatic carbocycles. The van der Waals surface area contributed by atoms with Gasteiger partial charge >= 0.3 is 0 Å². The fourth-order valence-electron chi connectivity index (χ4n) is 2.14. The van der Waals surface area contributed by atoms with E-state index in [1.807, 2.05) is 13.0 Å². The van der Waals surface area contributed by atoms with Crippen molar-refractivity contribution >= 4 is 49.1 Å². The van der Waals surface area contributed by atoms with Crippen molar-refractivity contribution in [2.24, 2.45) is 0 Å². The highest BCUT2D eigenvalue weighted by atomic mass is 79.9. The number of carbonyl (C=O) groups is 1. The Bertz CT molecular complexity index is 906. The van der Waals surface area contributed by atoms with Gasteiger partial charge in [0, 0.05) is 16.7 Å². The molecule has 0 bridgehead atoms. The lowest BCUT2D eigenvalue weighted by molar-refractivity contribution is -0.118. The minimum absolute atomic E-state index is 0.0505. The van der Waals surface area contributed by atoms with Gasteiger partial charge in [-0.2, -0.15) is 0 Å². The Morgan fingerprint density at radius 2 is 2.00 bits per heavy atom. The number of hydrogen-bond donors (Lipinski definition) is 2. The van der Waals surface area contributed by atoms with E-state index in [4.69, 9.17) is 16.3 Å². The van der Waals surface area contributed by atoms with Crippen molar-refractivity contribution in [3.8, 4) is 5.75 Å². The number of rotatable bonds is 9. The van der Waals surface area contributed by atoms with Crippen molar-refractivity contribution in [2.45, 2.75) is 24.7 Å². The normalized spacial score (nSPS) is 11.2. The SMILES string of the molecule is CCCCNS(=O)(=O)c1ccc(OCC(=O)Nc2cccc(Br)c2)c(Cl)c1. The highest BCUT2D eigenvalue weighted by Gasteiger charge is 2.16. The molecular weight excluding hydrogens is 456 g/mol. The molecule has 6 nitrogen and oxygen atoms in total. The first-order valence-electron chi connectivity index (χ1n) is 8.29. The molecule has 1 amide bonds. The Morgan fingerprint density at radius 1 is 1.22 bits per heavy atom. The molecule has 0 spiro atoms. The molecule has 0 aliphatic carbocycles. The number of hydrogen-bond acceptors (Lipinski definition) is 4. The van der Waals surface area contributed by atoms with Crippen molar-refractivity contribution in [3.05, 3.63) is 52.0 Å². The highest BCUT2D eigenvalue weighted by molar-refractivity contribution is 9.10. The van der Waals surface area contributed by atoms with E-state index in [0.717, 1.165) is 17.3 Å². The predicted molar refractivity (Wildman–Crippen MR) is 110 cm³/mol. The summed E-state index contributed by atoms with van der Waals surface area (Å²) in [5.74, 6) is -0.129. The van der Waals surface area contributed by atoms with Crippen LogP contribution in [0.1, 0.15) is 19.8 Å². The number of anilines is 1. The summed E-state index contributed by atoms with van der Waals surface area (Å²) in [5.41, 5.74) is 0.628. The maximum atomic E-state index is 12.2. The van der Waals surface area contributed by atoms with Crippen LogP contribution >= 0.6 is 27.5 Å². The van der Waals surface area contributed by atoms with E-state index in [2.05, 4.69) is 26.0 Å². The van der Waals surface area contributed by atoms with Crippen LogP contribution in [0.25, 0.3) is 0 Å². The molecule has 0 fully saturated rings. The first-order valence-corrected chi connectivity index (χ1v) is 10.9. The van der Waals surface area contributed by atoms with E-state index < -0.39 is 10.0 Å². The maximum Gasteiger partial charge on any atom is 0.262 e. The molecule has 0 heterocycles. The zero-order valence-electron chi connectivity index (χ0n) is 14.7. The third-order valence-electron chi connectivity index (χ3n) is 3.50. The molecule has 2 rings (SSSR count). The van der Waals surface area contributed by atoms with Crippen molar-refractivity contribution in [2.75, 3.05) is 18.5 Å². The number of carbonyl (C=O) groups excluding carboxylic acids is 1. The predicted octanol–water partition coefficient (Wildman–Crippen LogP) is 4.20. The van der Waals surface area contributed by atoms with Crippen LogP contribution in [0.2, 0.25) is 5.02 Å². The Balaban J connectivity index is 1.96. The average Bonchev–Trinajstić information content (AvgIpc) is 2.60. The number of unbranched alkanes of at least 4 members (excludes halogenated alkanes) is 1. The number of benzene rings is 2. The molecule has 0 saturated heterocycles. The number of nitrogens with one attached hydrogen (secondary N) is 2. The van der Waals surface area contributed by atoms with Crippen LogP contribution < -0.4 is 14.8 Å². The van der Waals surface area contributed by atoms with Crippen molar-refractivity contribution < 1.29 is 17.9 Å². The quantitative estimate of drug-likeness (QED) is 0.532. The van der Waals surface area contributed by atoms with Crippen molar-refractivity contribution in [3.63, 3.8) is 0 Å². The van der Waals surface area contributed by atoms with Gasteiger partial charge in [-0.15, -0.1) is 0 Å². The molecule has 0 radical (unpaired) electrons. The molecular formula is C18H20BrClN2O4S. The summed E-state index contributed by atoms with van der Waals surface area (Å²) < 4.78 is 33.1. The van der Waals surface area contributed by atoms with Crippen molar-refractivity contribution in [1.82, 2.24) is 4.72 Å². The largest absolute Gasteiger partial charge is 0.482 e. The molecule has 0 aliphatic rings. The van der Waals surface area contributed by atoms with E-state index in [1.54, 1.807) is 18.2 Å². The molecule has 27 heavy (non-hydrogen) atoms. The standard InChI is InChI=1S/C18H20BrClN2O4S/c1-2-3-9-21-27(24,25)15-7-8-17(16(20)11-15)26-12-18(23)22-14-6-4-5-13(19)10-14/h4-8,10-11,21H,2-3,9,12H2,1H3,(H,22,23). The second-order valence-corrected chi connectivity index (χ2v) is 8.78. The van der Waals surface area contributed by atoms with Crippen LogP contribution in [0, 0.1) is 0 Å². The van der Waals surface area contributed by atoms with Crippen molar-refractivity contribution in [1.29, 1.82) is 0 Å². The number of sulfonamides is 1. The lowest BCUT2D eigenvalue weighted by Gasteiger charge is -2.11. The number of amides is 1. The topological polar surface area (TPSA) is 84.5 Å². The van der Waals surface area contributed by atoms with Gasteiger partial charge < -0.3 is 10.1 Å². The molecule has 0 aliphatic heterocycles. The van der Waals surface area contributed by atoms with E-state index in [0.29, 0.717) is 12.2 Å². The smallest absolute Gasteiger partial charge is 0.262 e. The van der Waals surface area contributed by atoms with Crippen LogP contribution in [0.3, 0.4) is 0 Å². The summed E-state index contributed by atoms with van der Waals surface area (Å²) >= 11 is 9.43. The molecule has 0 aromatic heterocycles. The van der Waals surface area contributed by atoms with Crippen LogP contribution in [0.4, 0.5) is 5.69 Å². The summed E-state index contributed by atoms with van der Waals surface area (Å²) in [6.07, 6.45) is 1.64. The molecule has 0 atom stereocenters. The summed E-state index contributed by atoms with van der Waals surface area (Å²) in [7, 11) is -3.62. The zero-order chi connectivity index (χ0) is 19.9. The van der Waals surface area contributed by atoms with Crippen LogP contribution in [0.15, 0.2) is 51.8 Å². The lowest BCUT2D eigenvalue weighted by atomic mass is 10.3. The second kappa shape index (κ2) is 10.1. The minimum Gasteiger partial charge on any atom is -0.482 e. The van der Waals surface area contributed by atoms with E-state index in [1.165, 1.54) is 18.2 Å². The van der Waals surface area contributed by atoms with E-state index in [9.17, 15) is 13.2 Å². The molecule has 0 unspecified atom stereocenters. The first kappa shape index (κ1) is 21.7. The monoisotopic (exact) mass is 474 g/mol. The average molecular weight is 476 g/mol. The highest BCUT2D eigenvalue weighted by Crippen LogP contribution is 2.27. The summed E-state index contributed by atoms with van der Waals surface area (Å²) in [6.45, 7) is 2.08. The van der Waals surface area contributed by atoms with Gasteiger partial charge in [0.2, 0.25) is 10.0 Å². The Kier molecular flexibility index (Phi) is 8.09. The number of ether oxygens (including phenoxy) is 1. The van der Waals surface area contributed by atoms with Gasteiger partial charge in [0.05, 0.1) is 9.92 Å². The van der Waals surface area contributed by atoms with Gasteiger partial charge in [-0.05, 0) is 42.8 Å². The minimum atomic E-state index is -3.62. The Hall–Kier alpha value is -1.61. The molecule has 2 aromatic rings. The van der Waals surface area contributed by atoms with Gasteiger partial charge in [0.15, 0.2) is 6.61 Å². The van der Waals surface area contributed by atoms with Crippen LogP contribution in [-0.2, 0) is 14.8 Å². The van der Waals surface area contributed by atoms with Gasteiger partial charge in [0.25, 0.3) is 5.91 Å². The van der Waals surface area contributed by atoms with E-state index >= 15 is 0 Å². The van der Waals surface area contributed by atoms with Gasteiger partial charge in [-0.1, -0.05) is 46.9 Å². The zero-order valence-corrected chi connectivity index (χ0v) is 17.8. The Morgan fingerprint density at radius 3 is 2.67 bits per heavy atom. The molecule has 2 N–H and O–H groups in total. The van der Waals surface area contributed by atoms with Crippen LogP contribution in [0.5, 0.6) is 5.75 Å². The lowest BCUT2D eigenvalue weighted by Crippen LogP contribution is -2.24. The second-order valence-electron chi connectivity index (χ2n) is 5.69. The van der Waals surface area contributed by atoms with Gasteiger partial charge in [-0.25, -0.2) is 13.1 Å². The molecule has 146 valence electrons. The summed E-state index contributed by atoms with van der Waals surface area (Å²) in [4.78, 5) is 12.0. The Labute approximate surface area is 172 Å². The summed E-state index contributed by atoms with van der Waals surface area (Å²) in [6, 6.07) is 11.3. The van der Waals surface area contributed by atoms with Gasteiger partial charge in [0.1, 0.15) is 5.75 Å². The van der Waals surface area contributed by atoms with Gasteiger partial charge in [-0.3, -0.25) is 4.79 Å². The maximum absolute atomic E-state index is 12.2. The van der Waals surface area contributed by atoms with E-state index in [-0.39, 0.29) is 28.2 Å². The summed E-state index contributed by atoms with van der Waals surface area (Å²) in [5, 5.41) is 2.81. The first-order chi connectivity index (χ1) is 12.8. The fourth-order valence-corrected chi connectivity index (χ4v) is 3.94. The van der Waals surface area contributed by atoms with Crippen LogP contribution in [-0.4, -0.2) is 27.5 Å². The third kappa shape index (κ3) is 6.80. The molecule has 0 saturated carbocycles. The fraction of sp³-hybridized carbons (Fsp3) is 0.278.